The van der Waals surface area contributed by atoms with Crippen LogP contribution >= 0.6 is 0 Å². The van der Waals surface area contributed by atoms with Gasteiger partial charge in [-0.3, -0.25) is 0 Å². The average molecular weight is 230 g/mol. The minimum Gasteiger partial charge on any atom is -0.497 e. The van der Waals surface area contributed by atoms with Crippen molar-refractivity contribution in [3.05, 3.63) is 29.8 Å². The van der Waals surface area contributed by atoms with E-state index in [1.165, 1.54) is 37.7 Å². The summed E-state index contributed by atoms with van der Waals surface area (Å²) in [5.41, 5.74) is 2.27. The highest BCUT2D eigenvalue weighted by atomic mass is 16.5. The Hall–Kier alpha value is -0.980. The second-order valence-corrected chi connectivity index (χ2v) is 6.06. The number of hydrogen-bond acceptors (Lipinski definition) is 1. The van der Waals surface area contributed by atoms with Crippen molar-refractivity contribution in [3.63, 3.8) is 0 Å². The summed E-state index contributed by atoms with van der Waals surface area (Å²) < 4.78 is 5.20. The van der Waals surface area contributed by atoms with E-state index in [4.69, 9.17) is 4.74 Å². The molecule has 2 aliphatic carbocycles. The van der Waals surface area contributed by atoms with Crippen LogP contribution in [0.15, 0.2) is 24.3 Å². The molecule has 1 nitrogen and oxygen atoms in total. The Kier molecular flexibility index (Phi) is 2.65. The summed E-state index contributed by atoms with van der Waals surface area (Å²) in [5.74, 6) is 2.82. The molecule has 17 heavy (non-hydrogen) atoms. The van der Waals surface area contributed by atoms with Gasteiger partial charge >= 0.3 is 0 Å². The summed E-state index contributed by atoms with van der Waals surface area (Å²) in [6.07, 6.45) is 7.23. The van der Waals surface area contributed by atoms with E-state index in [9.17, 15) is 0 Å². The first kappa shape index (κ1) is 11.1. The quantitative estimate of drug-likeness (QED) is 0.748. The standard InChI is InChI=1S/C16H22O/c1-3-12-8-16(9-12)10-14(11-16)13-4-6-15(17-2)7-5-13/h4-7,12,14H,3,8-11H2,1-2H3. The van der Waals surface area contributed by atoms with Crippen molar-refractivity contribution in [2.24, 2.45) is 11.3 Å². The van der Waals surface area contributed by atoms with Crippen molar-refractivity contribution < 1.29 is 4.74 Å². The van der Waals surface area contributed by atoms with Gasteiger partial charge in [0.25, 0.3) is 0 Å². The molecule has 0 aliphatic heterocycles. The lowest BCUT2D eigenvalue weighted by Gasteiger charge is -2.58. The lowest BCUT2D eigenvalue weighted by atomic mass is 9.47. The molecule has 1 aromatic carbocycles. The fraction of sp³-hybridized carbons (Fsp3) is 0.625. The Labute approximate surface area is 104 Å². The maximum absolute atomic E-state index is 5.20. The third-order valence-corrected chi connectivity index (χ3v) is 4.97. The van der Waals surface area contributed by atoms with E-state index in [2.05, 4.69) is 31.2 Å². The first-order valence-electron chi connectivity index (χ1n) is 6.88. The summed E-state index contributed by atoms with van der Waals surface area (Å²) in [4.78, 5) is 0. The van der Waals surface area contributed by atoms with E-state index in [0.717, 1.165) is 23.0 Å². The number of ether oxygens (including phenoxy) is 1. The van der Waals surface area contributed by atoms with Crippen molar-refractivity contribution in [1.29, 1.82) is 0 Å². The van der Waals surface area contributed by atoms with Crippen molar-refractivity contribution in [3.8, 4) is 5.75 Å². The molecule has 92 valence electrons. The van der Waals surface area contributed by atoms with Crippen molar-refractivity contribution in [2.75, 3.05) is 7.11 Å². The molecule has 2 fully saturated rings. The SMILES string of the molecule is CCC1CC2(C1)CC(c1ccc(OC)cc1)C2. The van der Waals surface area contributed by atoms with Gasteiger partial charge < -0.3 is 4.74 Å². The lowest BCUT2D eigenvalue weighted by molar-refractivity contribution is -0.0427. The van der Waals surface area contributed by atoms with Crippen LogP contribution in [0.5, 0.6) is 5.75 Å². The largest absolute Gasteiger partial charge is 0.497 e. The second-order valence-electron chi connectivity index (χ2n) is 6.06. The average Bonchev–Trinajstić information content (AvgIpc) is 2.27. The Balaban J connectivity index is 1.58. The Morgan fingerprint density at radius 1 is 1.12 bits per heavy atom. The van der Waals surface area contributed by atoms with Gasteiger partial charge in [-0.25, -0.2) is 0 Å². The van der Waals surface area contributed by atoms with Crippen LogP contribution in [0.3, 0.4) is 0 Å². The maximum atomic E-state index is 5.20. The van der Waals surface area contributed by atoms with Gasteiger partial charge in [-0.1, -0.05) is 25.5 Å². The minimum atomic E-state index is 0.755. The van der Waals surface area contributed by atoms with Crippen molar-refractivity contribution in [1.82, 2.24) is 0 Å². The third kappa shape index (κ3) is 1.86. The zero-order valence-electron chi connectivity index (χ0n) is 10.9. The normalized spacial score (nSPS) is 35.2. The molecule has 0 N–H and O–H groups in total. The smallest absolute Gasteiger partial charge is 0.118 e. The molecular weight excluding hydrogens is 208 g/mol. The Morgan fingerprint density at radius 2 is 1.76 bits per heavy atom. The monoisotopic (exact) mass is 230 g/mol. The van der Waals surface area contributed by atoms with Crippen LogP contribution in [-0.2, 0) is 0 Å². The number of hydrogen-bond donors (Lipinski definition) is 0. The molecule has 0 saturated heterocycles. The molecule has 0 amide bonds. The molecule has 0 heterocycles. The van der Waals surface area contributed by atoms with Crippen LogP contribution < -0.4 is 4.74 Å². The molecule has 1 heteroatoms. The predicted octanol–water partition coefficient (Wildman–Crippen LogP) is 4.38. The highest BCUT2D eigenvalue weighted by Gasteiger charge is 2.52. The van der Waals surface area contributed by atoms with Gasteiger partial charge in [0.15, 0.2) is 0 Å². The summed E-state index contributed by atoms with van der Waals surface area (Å²) in [6, 6.07) is 8.67. The molecule has 2 aliphatic rings. The second kappa shape index (κ2) is 4.04. The van der Waals surface area contributed by atoms with Crippen LogP contribution in [0.25, 0.3) is 0 Å². The fourth-order valence-electron chi connectivity index (χ4n) is 3.88. The van der Waals surface area contributed by atoms with E-state index < -0.39 is 0 Å². The highest BCUT2D eigenvalue weighted by molar-refractivity contribution is 5.31. The number of rotatable bonds is 3. The lowest BCUT2D eigenvalue weighted by Crippen LogP contribution is -2.46. The zero-order valence-corrected chi connectivity index (χ0v) is 10.9. The molecule has 3 rings (SSSR count). The zero-order chi connectivity index (χ0) is 11.9. The highest BCUT2D eigenvalue weighted by Crippen LogP contribution is 2.64. The minimum absolute atomic E-state index is 0.755. The van der Waals surface area contributed by atoms with Crippen LogP contribution in [0, 0.1) is 11.3 Å². The van der Waals surface area contributed by atoms with Crippen molar-refractivity contribution in [2.45, 2.75) is 44.9 Å². The summed E-state index contributed by atoms with van der Waals surface area (Å²) in [6.45, 7) is 2.33. The molecule has 0 radical (unpaired) electrons. The van der Waals surface area contributed by atoms with Gasteiger partial charge in [-0.2, -0.15) is 0 Å². The molecule has 1 spiro atoms. The van der Waals surface area contributed by atoms with Gasteiger partial charge in [0, 0.05) is 0 Å². The molecule has 1 aromatic rings. The number of methoxy groups -OCH3 is 1. The van der Waals surface area contributed by atoms with Crippen LogP contribution in [0.1, 0.15) is 50.5 Å². The van der Waals surface area contributed by atoms with Gasteiger partial charge in [-0.05, 0) is 60.6 Å². The van der Waals surface area contributed by atoms with E-state index in [0.29, 0.717) is 0 Å². The molecular formula is C16H22O. The van der Waals surface area contributed by atoms with E-state index in [1.807, 2.05) is 0 Å². The van der Waals surface area contributed by atoms with Gasteiger partial charge in [0.2, 0.25) is 0 Å². The summed E-state index contributed by atoms with van der Waals surface area (Å²) in [5, 5.41) is 0. The third-order valence-electron chi connectivity index (χ3n) is 4.97. The summed E-state index contributed by atoms with van der Waals surface area (Å²) >= 11 is 0. The van der Waals surface area contributed by atoms with Crippen LogP contribution in [0.4, 0.5) is 0 Å². The van der Waals surface area contributed by atoms with Gasteiger partial charge in [0.1, 0.15) is 5.75 Å². The van der Waals surface area contributed by atoms with Crippen LogP contribution in [-0.4, -0.2) is 7.11 Å². The molecule has 0 aromatic heterocycles. The fourth-order valence-corrected chi connectivity index (χ4v) is 3.88. The molecule has 0 unspecified atom stereocenters. The molecule has 0 bridgehead atoms. The first-order valence-corrected chi connectivity index (χ1v) is 6.88. The van der Waals surface area contributed by atoms with Gasteiger partial charge in [0.05, 0.1) is 7.11 Å². The van der Waals surface area contributed by atoms with Crippen LogP contribution in [0.2, 0.25) is 0 Å². The maximum Gasteiger partial charge on any atom is 0.118 e. The summed E-state index contributed by atoms with van der Waals surface area (Å²) in [7, 11) is 1.73. The van der Waals surface area contributed by atoms with Gasteiger partial charge in [-0.15, -0.1) is 0 Å². The molecule has 0 atom stereocenters. The van der Waals surface area contributed by atoms with E-state index in [-0.39, 0.29) is 0 Å². The van der Waals surface area contributed by atoms with E-state index in [1.54, 1.807) is 7.11 Å². The predicted molar refractivity (Wildman–Crippen MR) is 70.4 cm³/mol. The Morgan fingerprint density at radius 3 is 2.29 bits per heavy atom. The van der Waals surface area contributed by atoms with Crippen molar-refractivity contribution >= 4 is 0 Å². The first-order chi connectivity index (χ1) is 8.24. The Bertz CT molecular complexity index is 378. The number of benzene rings is 1. The topological polar surface area (TPSA) is 9.23 Å². The molecule has 2 saturated carbocycles. The van der Waals surface area contributed by atoms with E-state index >= 15 is 0 Å².